The summed E-state index contributed by atoms with van der Waals surface area (Å²) in [7, 11) is 0. The summed E-state index contributed by atoms with van der Waals surface area (Å²) in [5, 5.41) is 0. The summed E-state index contributed by atoms with van der Waals surface area (Å²) in [6.07, 6.45) is -0.182. The smallest absolute Gasteiger partial charge is 0.224 e. The Morgan fingerprint density at radius 3 is 3.00 bits per heavy atom. The molecular formula is C11H12FNO2. The Balaban J connectivity index is 2.51. The van der Waals surface area contributed by atoms with Crippen LogP contribution < -0.4 is 9.64 Å². The minimum absolute atomic E-state index is 0.1000. The van der Waals surface area contributed by atoms with E-state index in [9.17, 15) is 9.18 Å². The average molecular weight is 209 g/mol. The minimum Gasteiger partial charge on any atom is -0.484 e. The fourth-order valence-corrected chi connectivity index (χ4v) is 1.72. The first kappa shape index (κ1) is 9.96. The van der Waals surface area contributed by atoms with Crippen LogP contribution in [0.3, 0.4) is 0 Å². The summed E-state index contributed by atoms with van der Waals surface area (Å²) in [5.74, 6) is -0.353. The van der Waals surface area contributed by atoms with Gasteiger partial charge in [-0.2, -0.15) is 0 Å². The molecule has 80 valence electrons. The quantitative estimate of drug-likeness (QED) is 0.653. The summed E-state index contributed by atoms with van der Waals surface area (Å²) in [4.78, 5) is 12.9. The molecule has 0 saturated carbocycles. The number of ether oxygens (including phenoxy) is 1. The third-order valence-electron chi connectivity index (χ3n) is 2.38. The predicted molar refractivity (Wildman–Crippen MR) is 54.5 cm³/mol. The Morgan fingerprint density at radius 2 is 2.33 bits per heavy atom. The first-order valence-corrected chi connectivity index (χ1v) is 4.83. The highest BCUT2D eigenvalue weighted by Crippen LogP contribution is 2.35. The second kappa shape index (κ2) is 3.53. The first-order valence-electron chi connectivity index (χ1n) is 4.83. The SMILES string of the molecule is CC(=O)N1C[C@@H](C)Oc2c(F)cccc21. The van der Waals surface area contributed by atoms with Crippen LogP contribution in [0.15, 0.2) is 18.2 Å². The number of para-hydroxylation sites is 1. The lowest BCUT2D eigenvalue weighted by molar-refractivity contribution is -0.117. The highest BCUT2D eigenvalue weighted by Gasteiger charge is 2.27. The highest BCUT2D eigenvalue weighted by molar-refractivity contribution is 5.93. The molecule has 15 heavy (non-hydrogen) atoms. The zero-order valence-corrected chi connectivity index (χ0v) is 8.66. The fraction of sp³-hybridized carbons (Fsp3) is 0.364. The summed E-state index contributed by atoms with van der Waals surface area (Å²) in [6, 6.07) is 4.59. The maximum Gasteiger partial charge on any atom is 0.224 e. The van der Waals surface area contributed by atoms with Crippen molar-refractivity contribution in [2.24, 2.45) is 0 Å². The Morgan fingerprint density at radius 1 is 1.60 bits per heavy atom. The van der Waals surface area contributed by atoms with Crippen molar-refractivity contribution in [1.29, 1.82) is 0 Å². The van der Waals surface area contributed by atoms with Crippen LogP contribution in [0.1, 0.15) is 13.8 Å². The minimum atomic E-state index is -0.426. The number of hydrogen-bond donors (Lipinski definition) is 0. The lowest BCUT2D eigenvalue weighted by Crippen LogP contribution is -2.41. The first-order chi connectivity index (χ1) is 7.09. The van der Waals surface area contributed by atoms with Crippen molar-refractivity contribution < 1.29 is 13.9 Å². The van der Waals surface area contributed by atoms with Crippen LogP contribution in [0.4, 0.5) is 10.1 Å². The number of amides is 1. The van der Waals surface area contributed by atoms with E-state index in [1.165, 1.54) is 17.9 Å². The molecular weight excluding hydrogens is 197 g/mol. The number of hydrogen-bond acceptors (Lipinski definition) is 2. The normalized spacial score (nSPS) is 19.4. The Hall–Kier alpha value is -1.58. The topological polar surface area (TPSA) is 29.5 Å². The molecule has 0 aliphatic carbocycles. The predicted octanol–water partition coefficient (Wildman–Crippen LogP) is 1.96. The molecule has 3 nitrogen and oxygen atoms in total. The van der Waals surface area contributed by atoms with Gasteiger partial charge in [-0.1, -0.05) is 6.07 Å². The number of anilines is 1. The molecule has 0 fully saturated rings. The Bertz CT molecular complexity index is 406. The van der Waals surface area contributed by atoms with Gasteiger partial charge in [-0.05, 0) is 19.1 Å². The molecule has 1 aromatic carbocycles. The number of rotatable bonds is 0. The van der Waals surface area contributed by atoms with Crippen LogP contribution >= 0.6 is 0 Å². The molecule has 4 heteroatoms. The summed E-state index contributed by atoms with van der Waals surface area (Å²) in [6.45, 7) is 3.74. The summed E-state index contributed by atoms with van der Waals surface area (Å²) < 4.78 is 18.8. The van der Waals surface area contributed by atoms with Gasteiger partial charge < -0.3 is 9.64 Å². The van der Waals surface area contributed by atoms with Gasteiger partial charge in [0, 0.05) is 6.92 Å². The molecule has 0 aromatic heterocycles. The summed E-state index contributed by atoms with van der Waals surface area (Å²) >= 11 is 0. The molecule has 1 aliphatic heterocycles. The van der Waals surface area contributed by atoms with E-state index in [-0.39, 0.29) is 17.8 Å². The van der Waals surface area contributed by atoms with E-state index in [0.717, 1.165) is 0 Å². The van der Waals surface area contributed by atoms with E-state index in [1.807, 2.05) is 6.92 Å². The van der Waals surface area contributed by atoms with E-state index < -0.39 is 5.82 Å². The van der Waals surface area contributed by atoms with Crippen molar-refractivity contribution >= 4 is 11.6 Å². The summed E-state index contributed by atoms with van der Waals surface area (Å²) in [5.41, 5.74) is 0.514. The molecule has 1 amide bonds. The third kappa shape index (κ3) is 1.67. The number of benzene rings is 1. The third-order valence-corrected chi connectivity index (χ3v) is 2.38. The van der Waals surface area contributed by atoms with E-state index in [1.54, 1.807) is 12.1 Å². The van der Waals surface area contributed by atoms with Gasteiger partial charge in [-0.3, -0.25) is 4.79 Å². The van der Waals surface area contributed by atoms with Crippen molar-refractivity contribution in [1.82, 2.24) is 0 Å². The van der Waals surface area contributed by atoms with Gasteiger partial charge in [0.05, 0.1) is 12.2 Å². The molecule has 0 spiro atoms. The number of fused-ring (bicyclic) bond motifs is 1. The van der Waals surface area contributed by atoms with Crippen LogP contribution in [0.2, 0.25) is 0 Å². The van der Waals surface area contributed by atoms with Gasteiger partial charge in [0.2, 0.25) is 5.91 Å². The molecule has 0 N–H and O–H groups in total. The second-order valence-corrected chi connectivity index (χ2v) is 3.65. The van der Waals surface area contributed by atoms with Crippen LogP contribution in [-0.2, 0) is 4.79 Å². The lowest BCUT2D eigenvalue weighted by atomic mass is 10.2. The Kier molecular flexibility index (Phi) is 2.34. The van der Waals surface area contributed by atoms with Crippen molar-refractivity contribution in [3.05, 3.63) is 24.0 Å². The molecule has 1 heterocycles. The van der Waals surface area contributed by atoms with E-state index in [4.69, 9.17) is 4.74 Å². The van der Waals surface area contributed by atoms with Gasteiger partial charge in [0.25, 0.3) is 0 Å². The van der Waals surface area contributed by atoms with E-state index in [2.05, 4.69) is 0 Å². The molecule has 1 aliphatic rings. The molecule has 1 aromatic rings. The van der Waals surface area contributed by atoms with Crippen molar-refractivity contribution in [3.8, 4) is 5.75 Å². The van der Waals surface area contributed by atoms with E-state index >= 15 is 0 Å². The fourth-order valence-electron chi connectivity index (χ4n) is 1.72. The number of nitrogens with zero attached hydrogens (tertiary/aromatic N) is 1. The molecule has 0 saturated heterocycles. The van der Waals surface area contributed by atoms with Gasteiger partial charge in [0.1, 0.15) is 6.10 Å². The van der Waals surface area contributed by atoms with Crippen molar-refractivity contribution in [2.45, 2.75) is 20.0 Å². The van der Waals surface area contributed by atoms with Crippen LogP contribution in [0.25, 0.3) is 0 Å². The van der Waals surface area contributed by atoms with Crippen molar-refractivity contribution in [2.75, 3.05) is 11.4 Å². The maximum atomic E-state index is 13.4. The Labute approximate surface area is 87.5 Å². The van der Waals surface area contributed by atoms with Crippen molar-refractivity contribution in [3.63, 3.8) is 0 Å². The highest BCUT2D eigenvalue weighted by atomic mass is 19.1. The van der Waals surface area contributed by atoms with Gasteiger partial charge in [-0.25, -0.2) is 4.39 Å². The zero-order valence-electron chi connectivity index (χ0n) is 8.66. The lowest BCUT2D eigenvalue weighted by Gasteiger charge is -2.32. The maximum absolute atomic E-state index is 13.4. The largest absolute Gasteiger partial charge is 0.484 e. The van der Waals surface area contributed by atoms with Crippen LogP contribution in [0, 0.1) is 5.82 Å². The standard InChI is InChI=1S/C11H12FNO2/c1-7-6-13(8(2)14)10-5-3-4-9(12)11(10)15-7/h3-5,7H,6H2,1-2H3/t7-/m1/s1. The number of halogens is 1. The monoisotopic (exact) mass is 209 g/mol. The molecule has 1 atom stereocenters. The van der Waals surface area contributed by atoms with E-state index in [0.29, 0.717) is 12.2 Å². The molecule has 0 radical (unpaired) electrons. The molecule has 0 bridgehead atoms. The van der Waals surface area contributed by atoms with Crippen LogP contribution in [0.5, 0.6) is 5.75 Å². The number of carbonyl (C=O) groups excluding carboxylic acids is 1. The second-order valence-electron chi connectivity index (χ2n) is 3.65. The van der Waals surface area contributed by atoms with Gasteiger partial charge in [0.15, 0.2) is 11.6 Å². The zero-order chi connectivity index (χ0) is 11.0. The van der Waals surface area contributed by atoms with Crippen LogP contribution in [-0.4, -0.2) is 18.6 Å². The number of carbonyl (C=O) groups is 1. The molecule has 0 unspecified atom stereocenters. The molecule has 2 rings (SSSR count). The van der Waals surface area contributed by atoms with Gasteiger partial charge >= 0.3 is 0 Å². The van der Waals surface area contributed by atoms with Gasteiger partial charge in [-0.15, -0.1) is 0 Å². The average Bonchev–Trinajstić information content (AvgIpc) is 2.18.